The topological polar surface area (TPSA) is 59.8 Å². The summed E-state index contributed by atoms with van der Waals surface area (Å²) < 4.78 is 28.5. The first kappa shape index (κ1) is 15.8. The fourth-order valence-electron chi connectivity index (χ4n) is 2.36. The summed E-state index contributed by atoms with van der Waals surface area (Å²) in [5.74, 6) is -1.82. The maximum Gasteiger partial charge on any atom is 0.253 e. The molecule has 24 heavy (non-hydrogen) atoms. The molecule has 0 bridgehead atoms. The standard InChI is InChI=1S/C17H14F2N4O/c1-23-8-7-21-16(23)15(11-4-5-13(18)14(19)9-11)22-17(24)12-3-2-6-20-10-12/h2-10,15H,1H3,(H,22,24). The summed E-state index contributed by atoms with van der Waals surface area (Å²) in [4.78, 5) is 20.5. The highest BCUT2D eigenvalue weighted by molar-refractivity contribution is 5.94. The number of aromatic nitrogens is 3. The van der Waals surface area contributed by atoms with E-state index in [0.717, 1.165) is 12.1 Å². The Morgan fingerprint density at radius 3 is 2.67 bits per heavy atom. The van der Waals surface area contributed by atoms with Crippen LogP contribution in [0.1, 0.15) is 27.8 Å². The zero-order chi connectivity index (χ0) is 17.1. The molecule has 0 aliphatic heterocycles. The molecule has 0 fully saturated rings. The Morgan fingerprint density at radius 2 is 2.04 bits per heavy atom. The molecule has 0 aliphatic rings. The number of aryl methyl sites for hydroxylation is 1. The smallest absolute Gasteiger partial charge is 0.253 e. The molecule has 2 heterocycles. The van der Waals surface area contributed by atoms with Gasteiger partial charge in [0.2, 0.25) is 0 Å². The van der Waals surface area contributed by atoms with Gasteiger partial charge in [-0.25, -0.2) is 13.8 Å². The van der Waals surface area contributed by atoms with Crippen molar-refractivity contribution in [2.45, 2.75) is 6.04 Å². The molecule has 0 aliphatic carbocycles. The van der Waals surface area contributed by atoms with Crippen LogP contribution >= 0.6 is 0 Å². The van der Waals surface area contributed by atoms with Crippen molar-refractivity contribution in [2.24, 2.45) is 7.05 Å². The van der Waals surface area contributed by atoms with Gasteiger partial charge in [-0.1, -0.05) is 6.07 Å². The van der Waals surface area contributed by atoms with E-state index in [0.29, 0.717) is 17.0 Å². The molecule has 1 unspecified atom stereocenters. The third-order valence-corrected chi connectivity index (χ3v) is 3.59. The van der Waals surface area contributed by atoms with Crippen molar-refractivity contribution in [3.63, 3.8) is 0 Å². The van der Waals surface area contributed by atoms with E-state index in [1.165, 1.54) is 12.3 Å². The molecule has 0 spiro atoms. The lowest BCUT2D eigenvalue weighted by Gasteiger charge is -2.19. The second-order valence-corrected chi connectivity index (χ2v) is 5.22. The van der Waals surface area contributed by atoms with Crippen molar-refractivity contribution >= 4 is 5.91 Å². The quantitative estimate of drug-likeness (QED) is 0.801. The van der Waals surface area contributed by atoms with Crippen LogP contribution in [0.5, 0.6) is 0 Å². The zero-order valence-electron chi connectivity index (χ0n) is 12.8. The number of nitrogens with one attached hydrogen (secondary N) is 1. The molecular formula is C17H14F2N4O. The van der Waals surface area contributed by atoms with E-state index in [1.807, 2.05) is 0 Å². The van der Waals surface area contributed by atoms with E-state index in [9.17, 15) is 13.6 Å². The monoisotopic (exact) mass is 328 g/mol. The van der Waals surface area contributed by atoms with Gasteiger partial charge < -0.3 is 9.88 Å². The van der Waals surface area contributed by atoms with Crippen LogP contribution in [-0.4, -0.2) is 20.4 Å². The number of hydrogen-bond acceptors (Lipinski definition) is 3. The van der Waals surface area contributed by atoms with Gasteiger partial charge in [-0.3, -0.25) is 9.78 Å². The minimum absolute atomic E-state index is 0.360. The molecule has 0 saturated carbocycles. The number of benzene rings is 1. The lowest BCUT2D eigenvalue weighted by atomic mass is 10.0. The number of imidazole rings is 1. The Labute approximate surface area is 137 Å². The fraction of sp³-hybridized carbons (Fsp3) is 0.118. The van der Waals surface area contributed by atoms with Crippen molar-refractivity contribution in [3.05, 3.63) is 83.7 Å². The second kappa shape index (κ2) is 6.57. The highest BCUT2D eigenvalue weighted by Gasteiger charge is 2.22. The first-order chi connectivity index (χ1) is 11.6. The van der Waals surface area contributed by atoms with Crippen LogP contribution in [0, 0.1) is 11.6 Å². The second-order valence-electron chi connectivity index (χ2n) is 5.22. The van der Waals surface area contributed by atoms with E-state index in [4.69, 9.17) is 0 Å². The van der Waals surface area contributed by atoms with E-state index in [-0.39, 0.29) is 5.91 Å². The molecule has 1 amide bonds. The molecule has 1 N–H and O–H groups in total. The lowest BCUT2D eigenvalue weighted by Crippen LogP contribution is -2.31. The summed E-state index contributed by atoms with van der Waals surface area (Å²) in [6.45, 7) is 0. The number of rotatable bonds is 4. The summed E-state index contributed by atoms with van der Waals surface area (Å²) in [5, 5.41) is 2.79. The number of nitrogens with zero attached hydrogens (tertiary/aromatic N) is 3. The average molecular weight is 328 g/mol. The highest BCUT2D eigenvalue weighted by Crippen LogP contribution is 2.22. The lowest BCUT2D eigenvalue weighted by molar-refractivity contribution is 0.0940. The van der Waals surface area contributed by atoms with Crippen LogP contribution < -0.4 is 5.32 Å². The van der Waals surface area contributed by atoms with Crippen molar-refractivity contribution in [2.75, 3.05) is 0 Å². The van der Waals surface area contributed by atoms with Crippen molar-refractivity contribution < 1.29 is 13.6 Å². The molecule has 0 saturated heterocycles. The molecule has 3 aromatic rings. The molecule has 1 atom stereocenters. The van der Waals surface area contributed by atoms with Crippen LogP contribution in [0.3, 0.4) is 0 Å². The van der Waals surface area contributed by atoms with Gasteiger partial charge in [-0.05, 0) is 29.8 Å². The highest BCUT2D eigenvalue weighted by atomic mass is 19.2. The molecule has 0 radical (unpaired) electrons. The average Bonchev–Trinajstić information content (AvgIpc) is 3.01. The first-order valence-electron chi connectivity index (χ1n) is 7.19. The van der Waals surface area contributed by atoms with Crippen molar-refractivity contribution in [1.29, 1.82) is 0 Å². The van der Waals surface area contributed by atoms with Gasteiger partial charge >= 0.3 is 0 Å². The summed E-state index contributed by atoms with van der Waals surface area (Å²) in [6, 6.07) is 6.02. The molecule has 1 aromatic carbocycles. The zero-order valence-corrected chi connectivity index (χ0v) is 12.8. The minimum atomic E-state index is -0.984. The molecule has 3 rings (SSSR count). The summed E-state index contributed by atoms with van der Waals surface area (Å²) in [7, 11) is 1.76. The normalized spacial score (nSPS) is 12.0. The van der Waals surface area contributed by atoms with Gasteiger partial charge in [0.15, 0.2) is 11.6 Å². The Hall–Kier alpha value is -3.09. The maximum absolute atomic E-state index is 13.6. The molecule has 122 valence electrons. The van der Waals surface area contributed by atoms with Crippen LogP contribution in [0.15, 0.2) is 55.1 Å². The van der Waals surface area contributed by atoms with E-state index < -0.39 is 17.7 Å². The van der Waals surface area contributed by atoms with Gasteiger partial charge in [0.1, 0.15) is 11.9 Å². The maximum atomic E-state index is 13.6. The molecule has 5 nitrogen and oxygen atoms in total. The summed E-state index contributed by atoms with van der Waals surface area (Å²) >= 11 is 0. The van der Waals surface area contributed by atoms with Gasteiger partial charge in [0.25, 0.3) is 5.91 Å². The van der Waals surface area contributed by atoms with Crippen LogP contribution in [0.2, 0.25) is 0 Å². The summed E-state index contributed by atoms with van der Waals surface area (Å²) in [6.07, 6.45) is 6.26. The number of pyridine rings is 1. The van der Waals surface area contributed by atoms with E-state index in [2.05, 4.69) is 15.3 Å². The van der Waals surface area contributed by atoms with Gasteiger partial charge in [0, 0.05) is 31.8 Å². The Bertz CT molecular complexity index is 864. The number of halogens is 2. The largest absolute Gasteiger partial charge is 0.338 e. The minimum Gasteiger partial charge on any atom is -0.338 e. The Morgan fingerprint density at radius 1 is 1.21 bits per heavy atom. The van der Waals surface area contributed by atoms with Gasteiger partial charge in [-0.2, -0.15) is 0 Å². The number of carbonyl (C=O) groups is 1. The Kier molecular flexibility index (Phi) is 4.33. The SMILES string of the molecule is Cn1ccnc1C(NC(=O)c1cccnc1)c1ccc(F)c(F)c1. The molecule has 7 heteroatoms. The van der Waals surface area contributed by atoms with Gasteiger partial charge in [-0.15, -0.1) is 0 Å². The van der Waals surface area contributed by atoms with E-state index >= 15 is 0 Å². The predicted molar refractivity (Wildman–Crippen MR) is 83.1 cm³/mol. The third-order valence-electron chi connectivity index (χ3n) is 3.59. The van der Waals surface area contributed by atoms with Crippen LogP contribution in [-0.2, 0) is 7.05 Å². The summed E-state index contributed by atoms with van der Waals surface area (Å²) in [5.41, 5.74) is 0.750. The van der Waals surface area contributed by atoms with Crippen LogP contribution in [0.25, 0.3) is 0 Å². The number of amides is 1. The first-order valence-corrected chi connectivity index (χ1v) is 7.19. The fourth-order valence-corrected chi connectivity index (χ4v) is 2.36. The van der Waals surface area contributed by atoms with Crippen molar-refractivity contribution in [3.8, 4) is 0 Å². The predicted octanol–water partition coefficient (Wildman–Crippen LogP) is 2.61. The third kappa shape index (κ3) is 3.15. The number of carbonyl (C=O) groups excluding carboxylic acids is 1. The Balaban J connectivity index is 1.98. The van der Waals surface area contributed by atoms with Gasteiger partial charge in [0.05, 0.1) is 5.56 Å². The molecule has 2 aromatic heterocycles. The van der Waals surface area contributed by atoms with Crippen molar-refractivity contribution in [1.82, 2.24) is 19.9 Å². The number of hydrogen-bond donors (Lipinski definition) is 1. The molecular weight excluding hydrogens is 314 g/mol. The van der Waals surface area contributed by atoms with E-state index in [1.54, 1.807) is 42.3 Å². The van der Waals surface area contributed by atoms with Crippen LogP contribution in [0.4, 0.5) is 8.78 Å².